The minimum Gasteiger partial charge on any atom is -0.504 e. The van der Waals surface area contributed by atoms with E-state index in [4.69, 9.17) is 10.2 Å². The van der Waals surface area contributed by atoms with Crippen LogP contribution in [0.4, 0.5) is 4.39 Å². The molecule has 0 aliphatic rings. The zero-order valence-corrected chi connectivity index (χ0v) is 6.74. The molecule has 4 nitrogen and oxygen atoms in total. The highest BCUT2D eigenvalue weighted by Crippen LogP contribution is 2.31. The lowest BCUT2D eigenvalue weighted by molar-refractivity contribution is 0.0687. The van der Waals surface area contributed by atoms with Crippen LogP contribution in [0, 0.1) is 5.82 Å². The van der Waals surface area contributed by atoms with Gasteiger partial charge in [0.1, 0.15) is 11.4 Å². The molecule has 0 radical (unpaired) electrons. The van der Waals surface area contributed by atoms with E-state index in [1.807, 2.05) is 0 Å². The normalized spacial score (nSPS) is 9.69. The van der Waals surface area contributed by atoms with Crippen LogP contribution >= 0.6 is 0 Å². The number of phenols is 1. The van der Waals surface area contributed by atoms with Crippen LogP contribution in [-0.2, 0) is 0 Å². The first-order valence-corrected chi connectivity index (χ1v) is 3.36. The summed E-state index contributed by atoms with van der Waals surface area (Å²) in [5, 5.41) is 17.7. The highest BCUT2D eigenvalue weighted by molar-refractivity contribution is 5.92. The second-order valence-corrected chi connectivity index (χ2v) is 2.28. The highest BCUT2D eigenvalue weighted by atomic mass is 19.1. The second kappa shape index (κ2) is 3.30. The number of carbonyl (C=O) groups is 1. The fourth-order valence-corrected chi connectivity index (χ4v) is 0.954. The topological polar surface area (TPSA) is 66.8 Å². The van der Waals surface area contributed by atoms with Gasteiger partial charge in [-0.1, -0.05) is 0 Å². The number of rotatable bonds is 2. The van der Waals surface area contributed by atoms with Crippen LogP contribution < -0.4 is 4.74 Å². The van der Waals surface area contributed by atoms with E-state index in [9.17, 15) is 9.18 Å². The number of hydrogen-bond acceptors (Lipinski definition) is 3. The third kappa shape index (κ3) is 1.53. The van der Waals surface area contributed by atoms with Crippen molar-refractivity contribution in [2.24, 2.45) is 0 Å². The molecule has 0 fully saturated rings. The molecular formula is C8H7FO4. The summed E-state index contributed by atoms with van der Waals surface area (Å²) in [6.07, 6.45) is 0. The molecule has 0 saturated carbocycles. The van der Waals surface area contributed by atoms with Crippen molar-refractivity contribution < 1.29 is 24.1 Å². The highest BCUT2D eigenvalue weighted by Gasteiger charge is 2.19. The lowest BCUT2D eigenvalue weighted by Crippen LogP contribution is -2.03. The lowest BCUT2D eigenvalue weighted by Gasteiger charge is -2.06. The summed E-state index contributed by atoms with van der Waals surface area (Å²) >= 11 is 0. The van der Waals surface area contributed by atoms with Crippen LogP contribution in [0.3, 0.4) is 0 Å². The smallest absolute Gasteiger partial charge is 0.342 e. The number of methoxy groups -OCH3 is 1. The molecule has 0 aromatic heterocycles. The van der Waals surface area contributed by atoms with E-state index >= 15 is 0 Å². The average Bonchev–Trinajstić information content (AvgIpc) is 2.07. The van der Waals surface area contributed by atoms with Crippen LogP contribution in [0.1, 0.15) is 10.4 Å². The zero-order valence-electron chi connectivity index (χ0n) is 6.74. The number of aromatic hydroxyl groups is 1. The Balaban J connectivity index is 3.43. The van der Waals surface area contributed by atoms with Crippen LogP contribution in [0.5, 0.6) is 11.5 Å². The van der Waals surface area contributed by atoms with Gasteiger partial charge in [0.2, 0.25) is 0 Å². The van der Waals surface area contributed by atoms with Gasteiger partial charge in [-0.25, -0.2) is 9.18 Å². The predicted octanol–water partition coefficient (Wildman–Crippen LogP) is 1.24. The molecule has 0 spiro atoms. The monoisotopic (exact) mass is 186 g/mol. The summed E-state index contributed by atoms with van der Waals surface area (Å²) in [4.78, 5) is 10.5. The minimum atomic E-state index is -1.48. The van der Waals surface area contributed by atoms with Crippen molar-refractivity contribution in [1.29, 1.82) is 0 Å². The Morgan fingerprint density at radius 3 is 2.54 bits per heavy atom. The third-order valence-corrected chi connectivity index (χ3v) is 1.50. The largest absolute Gasteiger partial charge is 0.504 e. The summed E-state index contributed by atoms with van der Waals surface area (Å²) in [5.74, 6) is -3.19. The van der Waals surface area contributed by atoms with E-state index in [2.05, 4.69) is 4.74 Å². The first-order chi connectivity index (χ1) is 6.07. The molecule has 1 rings (SSSR count). The van der Waals surface area contributed by atoms with Crippen molar-refractivity contribution in [2.45, 2.75) is 0 Å². The molecule has 5 heteroatoms. The van der Waals surface area contributed by atoms with E-state index in [1.54, 1.807) is 0 Å². The van der Waals surface area contributed by atoms with Gasteiger partial charge in [0.15, 0.2) is 11.5 Å². The molecule has 0 saturated heterocycles. The Morgan fingerprint density at radius 1 is 1.54 bits per heavy atom. The van der Waals surface area contributed by atoms with Crippen molar-refractivity contribution in [2.75, 3.05) is 7.11 Å². The molecule has 0 aliphatic heterocycles. The summed E-state index contributed by atoms with van der Waals surface area (Å²) in [6, 6.07) is 1.89. The number of phenolic OH excluding ortho intramolecular Hbond substituents is 1. The first kappa shape index (κ1) is 9.31. The Kier molecular flexibility index (Phi) is 2.36. The molecule has 2 N–H and O–H groups in total. The van der Waals surface area contributed by atoms with Crippen LogP contribution in [0.25, 0.3) is 0 Å². The fourth-order valence-electron chi connectivity index (χ4n) is 0.954. The fraction of sp³-hybridized carbons (Fsp3) is 0.125. The molecule has 13 heavy (non-hydrogen) atoms. The van der Waals surface area contributed by atoms with Crippen molar-refractivity contribution in [3.8, 4) is 11.5 Å². The summed E-state index contributed by atoms with van der Waals surface area (Å²) in [7, 11) is 1.15. The van der Waals surface area contributed by atoms with Gasteiger partial charge in [-0.2, -0.15) is 0 Å². The second-order valence-electron chi connectivity index (χ2n) is 2.28. The van der Waals surface area contributed by atoms with Gasteiger partial charge in [-0.05, 0) is 12.1 Å². The third-order valence-electron chi connectivity index (χ3n) is 1.50. The van der Waals surface area contributed by atoms with Crippen LogP contribution in [-0.4, -0.2) is 23.3 Å². The van der Waals surface area contributed by atoms with Crippen molar-refractivity contribution in [1.82, 2.24) is 0 Å². The van der Waals surface area contributed by atoms with Gasteiger partial charge in [-0.3, -0.25) is 0 Å². The van der Waals surface area contributed by atoms with E-state index in [0.717, 1.165) is 19.2 Å². The quantitative estimate of drug-likeness (QED) is 0.729. The van der Waals surface area contributed by atoms with Crippen LogP contribution in [0.2, 0.25) is 0 Å². The summed E-state index contributed by atoms with van der Waals surface area (Å²) in [5.41, 5.74) is -0.664. The van der Waals surface area contributed by atoms with Crippen molar-refractivity contribution >= 4 is 5.97 Å². The molecule has 0 amide bonds. The number of hydrogen-bond donors (Lipinski definition) is 2. The zero-order chi connectivity index (χ0) is 10.0. The first-order valence-electron chi connectivity index (χ1n) is 3.36. The maximum atomic E-state index is 12.9. The number of benzene rings is 1. The Labute approximate surface area is 73.2 Å². The predicted molar refractivity (Wildman–Crippen MR) is 41.6 cm³/mol. The summed E-state index contributed by atoms with van der Waals surface area (Å²) in [6.45, 7) is 0. The van der Waals surface area contributed by atoms with E-state index < -0.39 is 23.1 Å². The maximum absolute atomic E-state index is 12.9. The Hall–Kier alpha value is -1.78. The number of carboxylic acids is 1. The van der Waals surface area contributed by atoms with Gasteiger partial charge in [-0.15, -0.1) is 0 Å². The van der Waals surface area contributed by atoms with Gasteiger partial charge in [0, 0.05) is 0 Å². The van der Waals surface area contributed by atoms with Gasteiger partial charge in [0.25, 0.3) is 0 Å². The van der Waals surface area contributed by atoms with Crippen LogP contribution in [0.15, 0.2) is 12.1 Å². The molecule has 0 bridgehead atoms. The Morgan fingerprint density at radius 2 is 2.15 bits per heavy atom. The average molecular weight is 186 g/mol. The number of halogens is 1. The van der Waals surface area contributed by atoms with E-state index in [1.165, 1.54) is 0 Å². The molecule has 1 aromatic carbocycles. The Bertz CT molecular complexity index is 348. The number of carboxylic acid groups (broad SMARTS) is 1. The maximum Gasteiger partial charge on any atom is 0.342 e. The molecule has 0 aliphatic carbocycles. The lowest BCUT2D eigenvalue weighted by atomic mass is 10.2. The molecule has 0 unspecified atom stereocenters. The van der Waals surface area contributed by atoms with Gasteiger partial charge >= 0.3 is 5.97 Å². The van der Waals surface area contributed by atoms with Crippen molar-refractivity contribution in [3.05, 3.63) is 23.5 Å². The van der Waals surface area contributed by atoms with E-state index in [-0.39, 0.29) is 5.75 Å². The van der Waals surface area contributed by atoms with Gasteiger partial charge < -0.3 is 14.9 Å². The summed E-state index contributed by atoms with van der Waals surface area (Å²) < 4.78 is 17.4. The SMILES string of the molecule is COc1c(O)ccc(F)c1C(=O)O. The van der Waals surface area contributed by atoms with E-state index in [0.29, 0.717) is 0 Å². The molecular weight excluding hydrogens is 179 g/mol. The minimum absolute atomic E-state index is 0.368. The molecule has 70 valence electrons. The standard InChI is InChI=1S/C8H7FO4/c1-13-7-5(10)3-2-4(9)6(7)8(11)12/h2-3,10H,1H3,(H,11,12). The molecule has 0 atom stereocenters. The molecule has 0 heterocycles. The molecule has 1 aromatic rings. The number of aromatic carboxylic acids is 1. The number of ether oxygens (including phenoxy) is 1. The van der Waals surface area contributed by atoms with Gasteiger partial charge in [0.05, 0.1) is 7.11 Å². The van der Waals surface area contributed by atoms with Crippen molar-refractivity contribution in [3.63, 3.8) is 0 Å².